The fraction of sp³-hybridized carbons (Fsp3) is 0.143. The number of ether oxygens (including phenoxy) is 2. The number of nitrogens with one attached hydrogen (secondary N) is 1. The zero-order valence-electron chi connectivity index (χ0n) is 14.9. The molecule has 1 heterocycles. The Morgan fingerprint density at radius 1 is 0.929 bits per heavy atom. The summed E-state index contributed by atoms with van der Waals surface area (Å²) in [6.45, 7) is 0.648. The standard InChI is InChI=1S/C21H18Cl2N2O3/c22-18-7-6-17(11-19(18)23)27-14-20(26)25-12-16-8-9-24-21(10-16)28-13-15-4-2-1-3-5-15/h1-11H,12-14H2,(H,25,26). The molecule has 0 radical (unpaired) electrons. The molecular weight excluding hydrogens is 399 g/mol. The second-order valence-corrected chi connectivity index (χ2v) is 6.73. The lowest BCUT2D eigenvalue weighted by Gasteiger charge is -2.09. The molecule has 5 nitrogen and oxygen atoms in total. The highest BCUT2D eigenvalue weighted by Gasteiger charge is 2.06. The smallest absolute Gasteiger partial charge is 0.258 e. The van der Waals surface area contributed by atoms with Crippen LogP contribution in [0.4, 0.5) is 0 Å². The van der Waals surface area contributed by atoms with Gasteiger partial charge in [-0.15, -0.1) is 0 Å². The molecule has 1 amide bonds. The van der Waals surface area contributed by atoms with E-state index in [1.54, 1.807) is 30.5 Å². The van der Waals surface area contributed by atoms with Crippen LogP contribution in [0.2, 0.25) is 10.0 Å². The number of hydrogen-bond acceptors (Lipinski definition) is 4. The Morgan fingerprint density at radius 3 is 2.54 bits per heavy atom. The zero-order valence-corrected chi connectivity index (χ0v) is 16.4. The predicted molar refractivity (Wildman–Crippen MR) is 109 cm³/mol. The molecule has 0 aliphatic heterocycles. The van der Waals surface area contributed by atoms with Crippen LogP contribution in [0.25, 0.3) is 0 Å². The number of benzene rings is 2. The van der Waals surface area contributed by atoms with Gasteiger partial charge in [-0.3, -0.25) is 4.79 Å². The lowest BCUT2D eigenvalue weighted by Crippen LogP contribution is -2.28. The third kappa shape index (κ3) is 6.15. The van der Waals surface area contributed by atoms with Gasteiger partial charge in [0.15, 0.2) is 6.61 Å². The van der Waals surface area contributed by atoms with E-state index in [9.17, 15) is 4.79 Å². The summed E-state index contributed by atoms with van der Waals surface area (Å²) in [5, 5.41) is 3.60. The van der Waals surface area contributed by atoms with Crippen molar-refractivity contribution in [2.75, 3.05) is 6.61 Å². The lowest BCUT2D eigenvalue weighted by atomic mass is 10.2. The molecule has 0 saturated carbocycles. The molecule has 3 aromatic rings. The molecule has 0 aliphatic carbocycles. The van der Waals surface area contributed by atoms with Gasteiger partial charge in [0.05, 0.1) is 10.0 Å². The van der Waals surface area contributed by atoms with Gasteiger partial charge in [0.2, 0.25) is 5.88 Å². The van der Waals surface area contributed by atoms with Crippen LogP contribution in [0.3, 0.4) is 0 Å². The van der Waals surface area contributed by atoms with Crippen LogP contribution in [0, 0.1) is 0 Å². The number of carbonyl (C=O) groups is 1. The maximum atomic E-state index is 12.0. The minimum Gasteiger partial charge on any atom is -0.484 e. The van der Waals surface area contributed by atoms with E-state index in [0.717, 1.165) is 11.1 Å². The minimum absolute atomic E-state index is 0.125. The topological polar surface area (TPSA) is 60.5 Å². The fourth-order valence-corrected chi connectivity index (χ4v) is 2.63. The number of aromatic nitrogens is 1. The first kappa shape index (κ1) is 20.0. The van der Waals surface area contributed by atoms with Crippen molar-refractivity contribution in [1.29, 1.82) is 0 Å². The van der Waals surface area contributed by atoms with Gasteiger partial charge in [0.25, 0.3) is 5.91 Å². The van der Waals surface area contributed by atoms with E-state index in [1.807, 2.05) is 36.4 Å². The van der Waals surface area contributed by atoms with Crippen LogP contribution >= 0.6 is 23.2 Å². The van der Waals surface area contributed by atoms with Crippen LogP contribution in [0.1, 0.15) is 11.1 Å². The van der Waals surface area contributed by atoms with Crippen LogP contribution in [0.5, 0.6) is 11.6 Å². The highest BCUT2D eigenvalue weighted by Crippen LogP contribution is 2.26. The van der Waals surface area contributed by atoms with E-state index < -0.39 is 0 Å². The van der Waals surface area contributed by atoms with Crippen LogP contribution in [-0.2, 0) is 17.9 Å². The number of nitrogens with zero attached hydrogens (tertiary/aromatic N) is 1. The van der Waals surface area contributed by atoms with Crippen molar-refractivity contribution in [1.82, 2.24) is 10.3 Å². The molecule has 0 atom stereocenters. The molecule has 0 saturated heterocycles. The molecule has 0 aliphatic rings. The lowest BCUT2D eigenvalue weighted by molar-refractivity contribution is -0.123. The Morgan fingerprint density at radius 2 is 1.75 bits per heavy atom. The summed E-state index contributed by atoms with van der Waals surface area (Å²) in [4.78, 5) is 16.2. The average molecular weight is 417 g/mol. The molecule has 3 rings (SSSR count). The van der Waals surface area contributed by atoms with Crippen molar-refractivity contribution < 1.29 is 14.3 Å². The van der Waals surface area contributed by atoms with E-state index in [4.69, 9.17) is 32.7 Å². The molecule has 7 heteroatoms. The van der Waals surface area contributed by atoms with Crippen LogP contribution < -0.4 is 14.8 Å². The quantitative estimate of drug-likeness (QED) is 0.579. The van der Waals surface area contributed by atoms with Crippen molar-refractivity contribution in [3.63, 3.8) is 0 Å². The number of hydrogen-bond donors (Lipinski definition) is 1. The number of carbonyl (C=O) groups excluding carboxylic acids is 1. The monoisotopic (exact) mass is 416 g/mol. The molecule has 2 aromatic carbocycles. The molecule has 0 spiro atoms. The molecule has 0 bridgehead atoms. The predicted octanol–water partition coefficient (Wildman–Crippen LogP) is 4.66. The van der Waals surface area contributed by atoms with Crippen molar-refractivity contribution in [3.05, 3.63) is 88.0 Å². The molecule has 0 fully saturated rings. The number of halogens is 2. The van der Waals surface area contributed by atoms with Gasteiger partial charge < -0.3 is 14.8 Å². The van der Waals surface area contributed by atoms with Crippen molar-refractivity contribution >= 4 is 29.1 Å². The third-order valence-electron chi connectivity index (χ3n) is 3.78. The maximum Gasteiger partial charge on any atom is 0.258 e. The van der Waals surface area contributed by atoms with Gasteiger partial charge in [0, 0.05) is 24.9 Å². The second-order valence-electron chi connectivity index (χ2n) is 5.92. The molecule has 28 heavy (non-hydrogen) atoms. The van der Waals surface area contributed by atoms with Crippen LogP contribution in [0.15, 0.2) is 66.9 Å². The van der Waals surface area contributed by atoms with Gasteiger partial charge in [-0.1, -0.05) is 53.5 Å². The van der Waals surface area contributed by atoms with E-state index in [1.165, 1.54) is 0 Å². The summed E-state index contributed by atoms with van der Waals surface area (Å²) in [5.74, 6) is 0.724. The number of rotatable bonds is 8. The van der Waals surface area contributed by atoms with E-state index in [-0.39, 0.29) is 12.5 Å². The Kier molecular flexibility index (Phi) is 7.12. The Balaban J connectivity index is 1.46. The molecule has 144 valence electrons. The Labute approximate surface area is 173 Å². The van der Waals surface area contributed by atoms with Gasteiger partial charge >= 0.3 is 0 Å². The van der Waals surface area contributed by atoms with E-state index in [2.05, 4.69) is 10.3 Å². The van der Waals surface area contributed by atoms with Crippen molar-refractivity contribution in [3.8, 4) is 11.6 Å². The Hall–Kier alpha value is -2.76. The van der Waals surface area contributed by atoms with Crippen LogP contribution in [-0.4, -0.2) is 17.5 Å². The summed E-state index contributed by atoms with van der Waals surface area (Å²) in [7, 11) is 0. The van der Waals surface area contributed by atoms with E-state index in [0.29, 0.717) is 34.8 Å². The van der Waals surface area contributed by atoms with E-state index >= 15 is 0 Å². The highest BCUT2D eigenvalue weighted by molar-refractivity contribution is 6.42. The zero-order chi connectivity index (χ0) is 19.8. The normalized spacial score (nSPS) is 10.4. The van der Waals surface area contributed by atoms with Crippen molar-refractivity contribution in [2.24, 2.45) is 0 Å². The third-order valence-corrected chi connectivity index (χ3v) is 4.52. The first-order chi connectivity index (χ1) is 13.6. The first-order valence-electron chi connectivity index (χ1n) is 8.56. The van der Waals surface area contributed by atoms with Gasteiger partial charge in [0.1, 0.15) is 12.4 Å². The van der Waals surface area contributed by atoms with Gasteiger partial charge in [-0.25, -0.2) is 4.98 Å². The summed E-state index contributed by atoms with van der Waals surface area (Å²) in [5.41, 5.74) is 1.93. The average Bonchev–Trinajstić information content (AvgIpc) is 2.73. The SMILES string of the molecule is O=C(COc1ccc(Cl)c(Cl)c1)NCc1ccnc(OCc2ccccc2)c1. The largest absolute Gasteiger partial charge is 0.484 e. The number of amides is 1. The molecule has 0 unspecified atom stereocenters. The molecular formula is C21H18Cl2N2O3. The number of pyridine rings is 1. The highest BCUT2D eigenvalue weighted by atomic mass is 35.5. The minimum atomic E-state index is -0.255. The first-order valence-corrected chi connectivity index (χ1v) is 9.32. The molecule has 1 N–H and O–H groups in total. The summed E-state index contributed by atoms with van der Waals surface area (Å²) in [6, 6.07) is 18.3. The Bertz CT molecular complexity index is 936. The summed E-state index contributed by atoms with van der Waals surface area (Å²) < 4.78 is 11.1. The molecule has 1 aromatic heterocycles. The second kappa shape index (κ2) is 9.97. The van der Waals surface area contributed by atoms with Gasteiger partial charge in [-0.2, -0.15) is 0 Å². The maximum absolute atomic E-state index is 12.0. The van der Waals surface area contributed by atoms with Gasteiger partial charge in [-0.05, 0) is 29.3 Å². The summed E-state index contributed by atoms with van der Waals surface area (Å²) in [6.07, 6.45) is 1.65. The summed E-state index contributed by atoms with van der Waals surface area (Å²) >= 11 is 11.8. The van der Waals surface area contributed by atoms with Crippen molar-refractivity contribution in [2.45, 2.75) is 13.2 Å². The fourth-order valence-electron chi connectivity index (χ4n) is 2.34.